The molecule has 0 bridgehead atoms. The summed E-state index contributed by atoms with van der Waals surface area (Å²) in [7, 11) is 1.59. The molecule has 1 aromatic heterocycles. The third-order valence-electron chi connectivity index (χ3n) is 4.65. The average Bonchev–Trinajstić information content (AvgIpc) is 2.88. The number of carbonyl (C=O) groups excluding carboxylic acids is 2. The van der Waals surface area contributed by atoms with Crippen molar-refractivity contribution in [2.45, 2.75) is 58.1 Å². The lowest BCUT2D eigenvalue weighted by Gasteiger charge is -2.39. The number of aliphatic hydroxyl groups is 1. The number of hydrogen-bond donors (Lipinski definition) is 2. The van der Waals surface area contributed by atoms with Gasteiger partial charge in [0.1, 0.15) is 0 Å². The molecule has 0 unspecified atom stereocenters. The molecule has 1 atom stereocenters. The predicted molar refractivity (Wildman–Crippen MR) is 90.4 cm³/mol. The fourth-order valence-corrected chi connectivity index (χ4v) is 3.26. The quantitative estimate of drug-likeness (QED) is 0.803. The molecule has 0 aliphatic carbocycles. The number of likely N-dealkylation sites (tertiary alicyclic amines) is 1. The molecular formula is C17H28N4O3. The minimum absolute atomic E-state index is 0.0284. The second kappa shape index (κ2) is 7.79. The van der Waals surface area contributed by atoms with Gasteiger partial charge in [-0.3, -0.25) is 14.3 Å². The lowest BCUT2D eigenvalue weighted by Crippen LogP contribution is -2.50. The van der Waals surface area contributed by atoms with Crippen molar-refractivity contribution in [1.82, 2.24) is 20.0 Å². The third-order valence-corrected chi connectivity index (χ3v) is 4.65. The predicted octanol–water partition coefficient (Wildman–Crippen LogP) is 0.770. The summed E-state index contributed by atoms with van der Waals surface area (Å²) in [5.74, 6) is -0.0583. The number of amides is 2. The van der Waals surface area contributed by atoms with Gasteiger partial charge in [-0.05, 0) is 39.2 Å². The molecule has 134 valence electrons. The van der Waals surface area contributed by atoms with E-state index in [4.69, 9.17) is 0 Å². The van der Waals surface area contributed by atoms with Gasteiger partial charge in [-0.1, -0.05) is 0 Å². The first-order chi connectivity index (χ1) is 11.3. The molecular weight excluding hydrogens is 308 g/mol. The number of nitrogens with one attached hydrogen (secondary N) is 1. The fourth-order valence-electron chi connectivity index (χ4n) is 3.26. The largest absolute Gasteiger partial charge is 0.388 e. The summed E-state index contributed by atoms with van der Waals surface area (Å²) in [4.78, 5) is 25.6. The number of aromatic nitrogens is 2. The van der Waals surface area contributed by atoms with Crippen LogP contribution in [0, 0.1) is 13.8 Å². The molecule has 2 rings (SSSR count). The monoisotopic (exact) mass is 336 g/mol. The molecule has 7 heteroatoms. The van der Waals surface area contributed by atoms with Gasteiger partial charge in [0.15, 0.2) is 0 Å². The summed E-state index contributed by atoms with van der Waals surface area (Å²) in [5.41, 5.74) is 1.03. The Morgan fingerprint density at radius 3 is 2.75 bits per heavy atom. The number of carbonyl (C=O) groups is 2. The zero-order valence-corrected chi connectivity index (χ0v) is 14.8. The molecule has 24 heavy (non-hydrogen) atoms. The van der Waals surface area contributed by atoms with Crippen LogP contribution in [-0.4, -0.2) is 57.3 Å². The highest BCUT2D eigenvalue weighted by Crippen LogP contribution is 2.26. The Morgan fingerprint density at radius 2 is 2.12 bits per heavy atom. The van der Waals surface area contributed by atoms with E-state index in [1.165, 1.54) is 0 Å². The highest BCUT2D eigenvalue weighted by atomic mass is 16.3. The summed E-state index contributed by atoms with van der Waals surface area (Å²) in [6.07, 6.45) is 2.42. The molecule has 0 saturated carbocycles. The lowest BCUT2D eigenvalue weighted by molar-refractivity contribution is -0.139. The summed E-state index contributed by atoms with van der Waals surface area (Å²) in [5, 5.41) is 17.6. The molecule has 1 aromatic rings. The fraction of sp³-hybridized carbons (Fsp3) is 0.706. The minimum Gasteiger partial charge on any atom is -0.388 e. The van der Waals surface area contributed by atoms with Gasteiger partial charge in [0.05, 0.1) is 11.3 Å². The molecule has 1 aliphatic rings. The van der Waals surface area contributed by atoms with Crippen molar-refractivity contribution in [3.05, 3.63) is 17.5 Å². The Bertz CT molecular complexity index is 599. The number of β-amino-alcohol motifs (C(OH)–C–C–N with tert-alkyl or cyclic N) is 1. The highest BCUT2D eigenvalue weighted by molar-refractivity contribution is 5.76. The number of piperidine rings is 1. The van der Waals surface area contributed by atoms with E-state index in [0.29, 0.717) is 38.9 Å². The number of rotatable bonds is 6. The summed E-state index contributed by atoms with van der Waals surface area (Å²) < 4.78 is 1.84. The standard InChI is InChI=1S/C17H28N4O3/c1-13-11-14(2)21(19-13)10-6-16(23)20-9-4-7-17(24,12-20)8-5-15(22)18-3/h11,24H,4-10,12H2,1-3H3,(H,18,22)/t17-/m0/s1. The molecule has 1 aliphatic heterocycles. The van der Waals surface area contributed by atoms with Gasteiger partial charge in [0.25, 0.3) is 0 Å². The van der Waals surface area contributed by atoms with Crippen LogP contribution in [0.2, 0.25) is 0 Å². The van der Waals surface area contributed by atoms with Crippen molar-refractivity contribution >= 4 is 11.8 Å². The van der Waals surface area contributed by atoms with Crippen molar-refractivity contribution in [3.63, 3.8) is 0 Å². The van der Waals surface area contributed by atoms with Crippen molar-refractivity contribution < 1.29 is 14.7 Å². The van der Waals surface area contributed by atoms with Crippen LogP contribution in [0.4, 0.5) is 0 Å². The normalized spacial score (nSPS) is 20.9. The lowest BCUT2D eigenvalue weighted by atomic mass is 9.88. The van der Waals surface area contributed by atoms with Gasteiger partial charge in [-0.25, -0.2) is 0 Å². The third kappa shape index (κ3) is 4.80. The van der Waals surface area contributed by atoms with E-state index in [-0.39, 0.29) is 18.2 Å². The van der Waals surface area contributed by atoms with Gasteiger partial charge < -0.3 is 15.3 Å². The van der Waals surface area contributed by atoms with Crippen LogP contribution < -0.4 is 5.32 Å². The highest BCUT2D eigenvalue weighted by Gasteiger charge is 2.35. The van der Waals surface area contributed by atoms with E-state index >= 15 is 0 Å². The van der Waals surface area contributed by atoms with E-state index in [9.17, 15) is 14.7 Å². The van der Waals surface area contributed by atoms with E-state index < -0.39 is 5.60 Å². The first-order valence-electron chi connectivity index (χ1n) is 8.55. The molecule has 0 radical (unpaired) electrons. The molecule has 2 N–H and O–H groups in total. The minimum atomic E-state index is -0.960. The molecule has 0 spiro atoms. The van der Waals surface area contributed by atoms with Crippen molar-refractivity contribution in [3.8, 4) is 0 Å². The smallest absolute Gasteiger partial charge is 0.224 e. The molecule has 7 nitrogen and oxygen atoms in total. The van der Waals surface area contributed by atoms with Crippen molar-refractivity contribution in [2.75, 3.05) is 20.1 Å². The maximum Gasteiger partial charge on any atom is 0.224 e. The second-order valence-electron chi connectivity index (χ2n) is 6.72. The van der Waals surface area contributed by atoms with Gasteiger partial charge in [0.2, 0.25) is 11.8 Å². The Balaban J connectivity index is 1.87. The van der Waals surface area contributed by atoms with Crippen LogP contribution >= 0.6 is 0 Å². The van der Waals surface area contributed by atoms with Crippen LogP contribution in [-0.2, 0) is 16.1 Å². The molecule has 1 saturated heterocycles. The summed E-state index contributed by atoms with van der Waals surface area (Å²) in [6, 6.07) is 1.99. The van der Waals surface area contributed by atoms with Crippen LogP contribution in [0.25, 0.3) is 0 Å². The maximum absolute atomic E-state index is 12.5. The van der Waals surface area contributed by atoms with Crippen LogP contribution in [0.15, 0.2) is 6.07 Å². The molecule has 2 heterocycles. The van der Waals surface area contributed by atoms with Crippen molar-refractivity contribution in [2.24, 2.45) is 0 Å². The van der Waals surface area contributed by atoms with E-state index in [1.807, 2.05) is 24.6 Å². The average molecular weight is 336 g/mol. The van der Waals surface area contributed by atoms with Crippen LogP contribution in [0.3, 0.4) is 0 Å². The molecule has 0 aromatic carbocycles. The van der Waals surface area contributed by atoms with Crippen LogP contribution in [0.1, 0.15) is 43.5 Å². The maximum atomic E-state index is 12.5. The Hall–Kier alpha value is -1.89. The zero-order valence-electron chi connectivity index (χ0n) is 14.8. The Morgan fingerprint density at radius 1 is 1.38 bits per heavy atom. The number of aryl methyl sites for hydroxylation is 3. The number of nitrogens with zero attached hydrogens (tertiary/aromatic N) is 3. The van der Waals surface area contributed by atoms with Crippen LogP contribution in [0.5, 0.6) is 0 Å². The Labute approximate surface area is 143 Å². The van der Waals surface area contributed by atoms with Gasteiger partial charge in [-0.15, -0.1) is 0 Å². The van der Waals surface area contributed by atoms with Gasteiger partial charge in [-0.2, -0.15) is 5.10 Å². The first kappa shape index (κ1) is 18.4. The van der Waals surface area contributed by atoms with Gasteiger partial charge in [0, 0.05) is 45.2 Å². The van der Waals surface area contributed by atoms with Gasteiger partial charge >= 0.3 is 0 Å². The van der Waals surface area contributed by atoms with E-state index in [2.05, 4.69) is 10.4 Å². The van der Waals surface area contributed by atoms with E-state index in [1.54, 1.807) is 11.9 Å². The molecule has 2 amide bonds. The van der Waals surface area contributed by atoms with E-state index in [0.717, 1.165) is 17.8 Å². The second-order valence-corrected chi connectivity index (χ2v) is 6.72. The number of hydrogen-bond acceptors (Lipinski definition) is 4. The Kier molecular flexibility index (Phi) is 5.99. The van der Waals surface area contributed by atoms with Crippen molar-refractivity contribution in [1.29, 1.82) is 0 Å². The zero-order chi connectivity index (χ0) is 17.7. The topological polar surface area (TPSA) is 87.5 Å². The SMILES string of the molecule is CNC(=O)CC[C@@]1(O)CCCN(C(=O)CCn2nc(C)cc2C)C1. The first-order valence-corrected chi connectivity index (χ1v) is 8.55. The summed E-state index contributed by atoms with van der Waals surface area (Å²) >= 11 is 0. The summed E-state index contributed by atoms with van der Waals surface area (Å²) in [6.45, 7) is 5.43. The molecule has 1 fully saturated rings.